The first kappa shape index (κ1) is 22.1. The zero-order chi connectivity index (χ0) is 21.0. The molecule has 0 aromatic carbocycles. The Kier molecular flexibility index (Phi) is 6.17. The first-order valence-corrected chi connectivity index (χ1v) is 13.4. The van der Waals surface area contributed by atoms with Crippen LogP contribution in [0, 0.1) is 52.3 Å². The monoisotopic (exact) mass is 462 g/mol. The Hall–Kier alpha value is -0.110. The fourth-order valence-electron chi connectivity index (χ4n) is 8.61. The van der Waals surface area contributed by atoms with Gasteiger partial charge in [-0.25, -0.2) is 0 Å². The van der Waals surface area contributed by atoms with Crippen molar-refractivity contribution in [2.45, 2.75) is 97.2 Å². The molecule has 0 heterocycles. The van der Waals surface area contributed by atoms with Gasteiger partial charge in [0.05, 0.1) is 4.83 Å². The van der Waals surface area contributed by atoms with E-state index in [-0.39, 0.29) is 16.2 Å². The van der Waals surface area contributed by atoms with Crippen molar-refractivity contribution in [3.8, 4) is 0 Å². The van der Waals surface area contributed by atoms with Gasteiger partial charge in [0, 0.05) is 5.92 Å². The van der Waals surface area contributed by atoms with Crippen molar-refractivity contribution in [2.75, 3.05) is 0 Å². The quantitative estimate of drug-likeness (QED) is 0.300. The van der Waals surface area contributed by atoms with Gasteiger partial charge in [0.1, 0.15) is 0 Å². The second kappa shape index (κ2) is 8.10. The molecular weight excluding hydrogens is 420 g/mol. The molecule has 164 valence electrons. The second-order valence-electron chi connectivity index (χ2n) is 12.1. The van der Waals surface area contributed by atoms with Crippen molar-refractivity contribution in [1.82, 2.24) is 0 Å². The summed E-state index contributed by atoms with van der Waals surface area (Å²) in [6, 6.07) is 0. The van der Waals surface area contributed by atoms with Crippen molar-refractivity contribution < 1.29 is 4.79 Å². The number of ketones is 1. The number of rotatable bonds is 5. The smallest absolute Gasteiger partial charge is 0.150 e. The molecule has 29 heavy (non-hydrogen) atoms. The van der Waals surface area contributed by atoms with Crippen molar-refractivity contribution in [2.24, 2.45) is 52.3 Å². The standard InChI is InChI=1S/C27H43BrO/c1-17(2)9-8-10-18(3)19-12-13-20-23-21(14-16-27(19,20)5)26(4)15-7-6-11-22(26)25(29)24(23)28/h6-7,17-24H,8-16H2,1-5H3/t18-,19-,20+,21+,22-,23+,24+,26-,27-/m1/s1. The van der Waals surface area contributed by atoms with Gasteiger partial charge in [0.2, 0.25) is 0 Å². The van der Waals surface area contributed by atoms with E-state index < -0.39 is 0 Å². The molecule has 0 saturated heterocycles. The Labute approximate surface area is 188 Å². The van der Waals surface area contributed by atoms with E-state index in [0.717, 1.165) is 36.5 Å². The van der Waals surface area contributed by atoms with E-state index in [1.54, 1.807) is 0 Å². The molecule has 0 aromatic rings. The zero-order valence-electron chi connectivity index (χ0n) is 19.4. The minimum atomic E-state index is 0.0942. The van der Waals surface area contributed by atoms with E-state index in [9.17, 15) is 4.79 Å². The average Bonchev–Trinajstić information content (AvgIpc) is 3.02. The lowest BCUT2D eigenvalue weighted by Crippen LogP contribution is -2.60. The van der Waals surface area contributed by atoms with Gasteiger partial charge in [-0.3, -0.25) is 4.79 Å². The van der Waals surface area contributed by atoms with Crippen molar-refractivity contribution in [3.63, 3.8) is 0 Å². The highest BCUT2D eigenvalue weighted by Gasteiger charge is 2.64. The van der Waals surface area contributed by atoms with Gasteiger partial charge >= 0.3 is 0 Å². The summed E-state index contributed by atoms with van der Waals surface area (Å²) in [5.41, 5.74) is 0.640. The molecule has 3 saturated carbocycles. The van der Waals surface area contributed by atoms with Gasteiger partial charge in [-0.15, -0.1) is 0 Å². The van der Waals surface area contributed by atoms with Crippen LogP contribution in [0.2, 0.25) is 0 Å². The van der Waals surface area contributed by atoms with E-state index in [1.807, 2.05) is 0 Å². The van der Waals surface area contributed by atoms with Crippen LogP contribution in [0.3, 0.4) is 0 Å². The lowest BCUT2D eigenvalue weighted by molar-refractivity contribution is -0.147. The van der Waals surface area contributed by atoms with E-state index in [2.05, 4.69) is 62.7 Å². The number of carbonyl (C=O) groups excluding carboxylic acids is 1. The van der Waals surface area contributed by atoms with Crippen LogP contribution in [-0.2, 0) is 4.79 Å². The van der Waals surface area contributed by atoms with Crippen LogP contribution < -0.4 is 0 Å². The Morgan fingerprint density at radius 1 is 1.03 bits per heavy atom. The molecule has 3 fully saturated rings. The maximum Gasteiger partial charge on any atom is 0.150 e. The van der Waals surface area contributed by atoms with Gasteiger partial charge < -0.3 is 0 Å². The molecule has 4 rings (SSSR count). The lowest BCUT2D eigenvalue weighted by atomic mass is 9.45. The SMILES string of the molecule is CC(C)CCC[C@@H](C)[C@H]1CC[C@H]2[C@@H]3[C@H](Br)C(=O)[C@H]4CC=CC[C@]4(C)[C@H]3CC[C@]12C. The largest absolute Gasteiger partial charge is 0.298 e. The van der Waals surface area contributed by atoms with Crippen LogP contribution in [-0.4, -0.2) is 10.6 Å². The molecule has 4 aliphatic carbocycles. The molecule has 4 aliphatic rings. The summed E-state index contributed by atoms with van der Waals surface area (Å²) >= 11 is 3.98. The number of fused-ring (bicyclic) bond motifs is 5. The highest BCUT2D eigenvalue weighted by atomic mass is 79.9. The van der Waals surface area contributed by atoms with Crippen LogP contribution in [0.5, 0.6) is 0 Å². The third kappa shape index (κ3) is 3.52. The van der Waals surface area contributed by atoms with Crippen LogP contribution in [0.15, 0.2) is 12.2 Å². The maximum absolute atomic E-state index is 13.5. The Bertz CT molecular complexity index is 653. The molecular formula is C27H43BrO. The predicted octanol–water partition coefficient (Wildman–Crippen LogP) is 7.83. The molecule has 0 aliphatic heterocycles. The van der Waals surface area contributed by atoms with E-state index in [0.29, 0.717) is 23.0 Å². The minimum absolute atomic E-state index is 0.0942. The molecule has 0 bridgehead atoms. The highest BCUT2D eigenvalue weighted by Crippen LogP contribution is 2.68. The van der Waals surface area contributed by atoms with E-state index in [1.165, 1.54) is 44.9 Å². The molecule has 1 nitrogen and oxygen atoms in total. The van der Waals surface area contributed by atoms with Crippen LogP contribution in [0.1, 0.15) is 92.4 Å². The number of hydrogen-bond acceptors (Lipinski definition) is 1. The molecule has 0 spiro atoms. The molecule has 0 radical (unpaired) electrons. The first-order valence-electron chi connectivity index (χ1n) is 12.5. The van der Waals surface area contributed by atoms with Gasteiger partial charge in [-0.1, -0.05) is 82.0 Å². The summed E-state index contributed by atoms with van der Waals surface area (Å²) in [7, 11) is 0. The Morgan fingerprint density at radius 2 is 1.76 bits per heavy atom. The first-order chi connectivity index (χ1) is 13.7. The molecule has 0 N–H and O–H groups in total. The molecule has 0 amide bonds. The van der Waals surface area contributed by atoms with E-state index >= 15 is 0 Å². The summed E-state index contributed by atoms with van der Waals surface area (Å²) < 4.78 is 0. The predicted molar refractivity (Wildman–Crippen MR) is 126 cm³/mol. The fraction of sp³-hybridized carbons (Fsp3) is 0.889. The third-order valence-corrected chi connectivity index (χ3v) is 11.3. The summed E-state index contributed by atoms with van der Waals surface area (Å²) in [6.45, 7) is 12.3. The normalized spacial score (nSPS) is 47.6. The fourth-order valence-corrected chi connectivity index (χ4v) is 9.67. The number of Topliss-reactive ketones (excluding diaryl/α,β-unsaturated/α-hetero) is 1. The van der Waals surface area contributed by atoms with Gasteiger partial charge in [0.25, 0.3) is 0 Å². The van der Waals surface area contributed by atoms with Gasteiger partial charge in [-0.2, -0.15) is 0 Å². The second-order valence-corrected chi connectivity index (χ2v) is 13.1. The third-order valence-electron chi connectivity index (χ3n) is 10.2. The minimum Gasteiger partial charge on any atom is -0.298 e. The number of carbonyl (C=O) groups is 1. The maximum atomic E-state index is 13.5. The lowest BCUT2D eigenvalue weighted by Gasteiger charge is -2.60. The number of alkyl halides is 1. The summed E-state index contributed by atoms with van der Waals surface area (Å²) in [5.74, 6) is 5.28. The summed E-state index contributed by atoms with van der Waals surface area (Å²) in [5, 5.41) is 0. The summed E-state index contributed by atoms with van der Waals surface area (Å²) in [6.07, 6.45) is 16.3. The molecule has 0 aromatic heterocycles. The molecule has 9 atom stereocenters. The number of allylic oxidation sites excluding steroid dienone is 2. The van der Waals surface area contributed by atoms with Gasteiger partial charge in [-0.05, 0) is 84.9 Å². The van der Waals surface area contributed by atoms with Crippen LogP contribution in [0.4, 0.5) is 0 Å². The zero-order valence-corrected chi connectivity index (χ0v) is 21.0. The topological polar surface area (TPSA) is 17.1 Å². The summed E-state index contributed by atoms with van der Waals surface area (Å²) in [4.78, 5) is 13.5. The van der Waals surface area contributed by atoms with E-state index in [4.69, 9.17) is 0 Å². The number of hydrogen-bond donors (Lipinski definition) is 0. The number of halogens is 1. The average molecular weight is 464 g/mol. The Balaban J connectivity index is 1.56. The highest BCUT2D eigenvalue weighted by molar-refractivity contribution is 9.10. The van der Waals surface area contributed by atoms with Crippen molar-refractivity contribution in [3.05, 3.63) is 12.2 Å². The van der Waals surface area contributed by atoms with Crippen molar-refractivity contribution in [1.29, 1.82) is 0 Å². The Morgan fingerprint density at radius 3 is 2.48 bits per heavy atom. The van der Waals surface area contributed by atoms with Crippen LogP contribution >= 0.6 is 15.9 Å². The van der Waals surface area contributed by atoms with Crippen LogP contribution in [0.25, 0.3) is 0 Å². The van der Waals surface area contributed by atoms with Gasteiger partial charge in [0.15, 0.2) is 5.78 Å². The molecule has 0 unspecified atom stereocenters. The molecule has 2 heteroatoms. The van der Waals surface area contributed by atoms with Crippen molar-refractivity contribution >= 4 is 21.7 Å².